The molecule has 0 aromatic heterocycles. The van der Waals surface area contributed by atoms with E-state index < -0.39 is 5.41 Å². The Labute approximate surface area is 150 Å². The van der Waals surface area contributed by atoms with Crippen molar-refractivity contribution in [2.45, 2.75) is 38.6 Å². The molecular formula is C20H28N2O3. The first-order valence-corrected chi connectivity index (χ1v) is 9.07. The van der Waals surface area contributed by atoms with Crippen LogP contribution in [0.25, 0.3) is 0 Å². The summed E-state index contributed by atoms with van der Waals surface area (Å²) in [4.78, 5) is 12.8. The van der Waals surface area contributed by atoms with Crippen molar-refractivity contribution in [3.05, 3.63) is 35.6 Å². The molecule has 0 unspecified atom stereocenters. The Kier molecular flexibility index (Phi) is 5.42. The molecule has 1 fully saturated rings. The van der Waals surface area contributed by atoms with E-state index in [9.17, 15) is 4.79 Å². The predicted octanol–water partition coefficient (Wildman–Crippen LogP) is 3.09. The van der Waals surface area contributed by atoms with E-state index in [0.717, 1.165) is 37.1 Å². The van der Waals surface area contributed by atoms with Crippen molar-refractivity contribution in [1.29, 1.82) is 0 Å². The quantitative estimate of drug-likeness (QED) is 0.568. The van der Waals surface area contributed by atoms with Crippen LogP contribution in [0.4, 0.5) is 0 Å². The van der Waals surface area contributed by atoms with E-state index in [-0.39, 0.29) is 11.7 Å². The second-order valence-corrected chi connectivity index (χ2v) is 7.13. The zero-order valence-electron chi connectivity index (χ0n) is 15.4. The van der Waals surface area contributed by atoms with Gasteiger partial charge in [0.1, 0.15) is 11.5 Å². The number of ether oxygens (including phenoxy) is 2. The van der Waals surface area contributed by atoms with Gasteiger partial charge in [-0.05, 0) is 37.8 Å². The number of methoxy groups -OCH3 is 2. The zero-order chi connectivity index (χ0) is 17.9. The van der Waals surface area contributed by atoms with Gasteiger partial charge in [-0.25, -0.2) is 0 Å². The summed E-state index contributed by atoms with van der Waals surface area (Å²) in [5.74, 6) is 0.937. The standard InChI is InChI=1S/C20H28N2O3/c1-20-17(8-4-5-9-18(20)23)15(10-11-19(20)25-3)13-21-22-12-6-7-16(22)14-24-2/h4,8,10-11,13,16-17H,5-7,9,12,14H2,1-3H3/b21-13+/t16-,17+,20-/m1/s1. The van der Waals surface area contributed by atoms with Crippen molar-refractivity contribution in [2.24, 2.45) is 16.4 Å². The largest absolute Gasteiger partial charge is 0.500 e. The Bertz CT molecular complexity index is 635. The summed E-state index contributed by atoms with van der Waals surface area (Å²) in [5.41, 5.74) is 0.410. The normalized spacial score (nSPS) is 32.4. The summed E-state index contributed by atoms with van der Waals surface area (Å²) in [6, 6.07) is 0.341. The van der Waals surface area contributed by atoms with E-state index in [1.807, 2.05) is 25.3 Å². The van der Waals surface area contributed by atoms with Gasteiger partial charge in [-0.15, -0.1) is 0 Å². The molecule has 0 radical (unpaired) electrons. The van der Waals surface area contributed by atoms with Crippen LogP contribution in [0.15, 0.2) is 40.7 Å². The molecule has 3 rings (SSSR count). The topological polar surface area (TPSA) is 51.1 Å². The Hall–Kier alpha value is -1.88. The second-order valence-electron chi connectivity index (χ2n) is 7.13. The van der Waals surface area contributed by atoms with Crippen LogP contribution in [0, 0.1) is 11.3 Å². The lowest BCUT2D eigenvalue weighted by Gasteiger charge is -2.38. The fraction of sp³-hybridized carbons (Fsp3) is 0.600. The molecular weight excluding hydrogens is 316 g/mol. The summed E-state index contributed by atoms with van der Waals surface area (Å²) in [6.07, 6.45) is 13.7. The Morgan fingerprint density at radius 3 is 3.00 bits per heavy atom. The second kappa shape index (κ2) is 7.56. The molecule has 1 aliphatic heterocycles. The van der Waals surface area contributed by atoms with Crippen molar-refractivity contribution >= 4 is 12.0 Å². The Morgan fingerprint density at radius 2 is 2.24 bits per heavy atom. The van der Waals surface area contributed by atoms with E-state index in [4.69, 9.17) is 14.6 Å². The monoisotopic (exact) mass is 344 g/mol. The van der Waals surface area contributed by atoms with Gasteiger partial charge >= 0.3 is 0 Å². The van der Waals surface area contributed by atoms with Crippen LogP contribution in [-0.4, -0.2) is 50.4 Å². The molecule has 5 heteroatoms. The highest BCUT2D eigenvalue weighted by atomic mass is 16.5. The van der Waals surface area contributed by atoms with E-state index >= 15 is 0 Å². The molecule has 1 heterocycles. The van der Waals surface area contributed by atoms with Gasteiger partial charge in [0.25, 0.3) is 0 Å². The van der Waals surface area contributed by atoms with E-state index in [2.05, 4.69) is 17.2 Å². The van der Waals surface area contributed by atoms with Crippen molar-refractivity contribution in [3.8, 4) is 0 Å². The molecule has 0 spiro atoms. The van der Waals surface area contributed by atoms with Gasteiger partial charge in [0.15, 0.2) is 0 Å². The smallest absolute Gasteiger partial charge is 0.147 e. The molecule has 5 nitrogen and oxygen atoms in total. The molecule has 2 aliphatic carbocycles. The van der Waals surface area contributed by atoms with Crippen LogP contribution in [0.3, 0.4) is 0 Å². The third-order valence-corrected chi connectivity index (χ3v) is 5.65. The molecule has 0 amide bonds. The van der Waals surface area contributed by atoms with Crippen molar-refractivity contribution < 1.29 is 14.3 Å². The van der Waals surface area contributed by atoms with E-state index in [0.29, 0.717) is 19.1 Å². The summed E-state index contributed by atoms with van der Waals surface area (Å²) >= 11 is 0. The summed E-state index contributed by atoms with van der Waals surface area (Å²) in [5, 5.41) is 6.83. The lowest BCUT2D eigenvalue weighted by molar-refractivity contribution is -0.128. The fourth-order valence-electron chi connectivity index (χ4n) is 4.13. The van der Waals surface area contributed by atoms with Crippen LogP contribution in [0.5, 0.6) is 0 Å². The molecule has 1 saturated heterocycles. The van der Waals surface area contributed by atoms with Gasteiger partial charge in [-0.2, -0.15) is 5.10 Å². The molecule has 0 bridgehead atoms. The van der Waals surface area contributed by atoms with Gasteiger partial charge in [0.05, 0.1) is 31.4 Å². The Balaban J connectivity index is 1.88. The van der Waals surface area contributed by atoms with Crippen molar-refractivity contribution in [2.75, 3.05) is 27.4 Å². The number of hydrogen-bond donors (Lipinski definition) is 0. The van der Waals surface area contributed by atoms with Crippen LogP contribution >= 0.6 is 0 Å². The number of carbonyl (C=O) groups excluding carboxylic acids is 1. The minimum absolute atomic E-state index is 0.0327. The number of allylic oxidation sites excluding steroid dienone is 6. The summed E-state index contributed by atoms with van der Waals surface area (Å²) in [6.45, 7) is 3.65. The lowest BCUT2D eigenvalue weighted by atomic mass is 9.66. The fourth-order valence-corrected chi connectivity index (χ4v) is 4.13. The maximum atomic E-state index is 12.8. The summed E-state index contributed by atoms with van der Waals surface area (Å²) in [7, 11) is 3.37. The number of Topliss-reactive ketones (excluding diaryl/α,β-unsaturated/α-hetero) is 1. The Morgan fingerprint density at radius 1 is 1.40 bits per heavy atom. The molecule has 3 atom stereocenters. The zero-order valence-corrected chi connectivity index (χ0v) is 15.4. The molecule has 0 aromatic rings. The average Bonchev–Trinajstić information content (AvgIpc) is 2.98. The van der Waals surface area contributed by atoms with Gasteiger partial charge in [0, 0.05) is 26.0 Å². The molecule has 25 heavy (non-hydrogen) atoms. The third-order valence-electron chi connectivity index (χ3n) is 5.65. The highest BCUT2D eigenvalue weighted by molar-refractivity contribution is 5.92. The number of carbonyl (C=O) groups is 1. The molecule has 136 valence electrons. The van der Waals surface area contributed by atoms with Gasteiger partial charge in [-0.3, -0.25) is 9.80 Å². The van der Waals surface area contributed by atoms with Gasteiger partial charge in [0.2, 0.25) is 0 Å². The molecule has 0 N–H and O–H groups in total. The first-order chi connectivity index (χ1) is 12.1. The first-order valence-electron chi connectivity index (χ1n) is 9.07. The van der Waals surface area contributed by atoms with Gasteiger partial charge < -0.3 is 9.47 Å². The number of hydrogen-bond acceptors (Lipinski definition) is 5. The average molecular weight is 344 g/mol. The minimum atomic E-state index is -0.644. The van der Waals surface area contributed by atoms with Crippen LogP contribution in [0.2, 0.25) is 0 Å². The number of ketones is 1. The molecule has 0 aromatic carbocycles. The van der Waals surface area contributed by atoms with Crippen LogP contribution < -0.4 is 0 Å². The maximum absolute atomic E-state index is 12.8. The highest BCUT2D eigenvalue weighted by Crippen LogP contribution is 2.46. The molecule has 0 saturated carbocycles. The first kappa shape index (κ1) is 17.9. The number of fused-ring (bicyclic) bond motifs is 1. The van der Waals surface area contributed by atoms with Gasteiger partial charge in [-0.1, -0.05) is 18.2 Å². The van der Waals surface area contributed by atoms with E-state index in [1.165, 1.54) is 0 Å². The predicted molar refractivity (Wildman–Crippen MR) is 98.2 cm³/mol. The van der Waals surface area contributed by atoms with Crippen molar-refractivity contribution in [1.82, 2.24) is 5.01 Å². The maximum Gasteiger partial charge on any atom is 0.147 e. The minimum Gasteiger partial charge on any atom is -0.500 e. The van der Waals surface area contributed by atoms with Crippen molar-refractivity contribution in [3.63, 3.8) is 0 Å². The number of rotatable bonds is 5. The SMILES string of the molecule is COC[C@H]1CCCN1/N=C/C1=CC=C(OC)[C@@]2(C)C(=O)CCC=C[C@@H]12. The third kappa shape index (κ3) is 3.30. The number of hydrazone groups is 1. The molecule has 3 aliphatic rings. The lowest BCUT2D eigenvalue weighted by Crippen LogP contribution is -2.40. The number of nitrogens with zero attached hydrogens (tertiary/aromatic N) is 2. The summed E-state index contributed by atoms with van der Waals surface area (Å²) < 4.78 is 10.9. The highest BCUT2D eigenvalue weighted by Gasteiger charge is 2.47. The van der Waals surface area contributed by atoms with Crippen LogP contribution in [-0.2, 0) is 14.3 Å². The van der Waals surface area contributed by atoms with Crippen LogP contribution in [0.1, 0.15) is 32.6 Å². The van der Waals surface area contributed by atoms with E-state index in [1.54, 1.807) is 14.2 Å².